The maximum Gasteiger partial charge on any atom is 0.338 e. The largest absolute Gasteiger partial charge is 0.504 e. The summed E-state index contributed by atoms with van der Waals surface area (Å²) in [6.45, 7) is 4.49. The van der Waals surface area contributed by atoms with Crippen LogP contribution in [0.1, 0.15) is 37.6 Å². The molecule has 1 rings (SSSR count). The van der Waals surface area contributed by atoms with Crippen molar-refractivity contribution in [1.29, 1.82) is 0 Å². The number of aromatic hydroxyl groups is 3. The van der Waals surface area contributed by atoms with Gasteiger partial charge in [0, 0.05) is 0 Å². The number of carbonyl (C=O) groups is 2. The second-order valence-corrected chi connectivity index (χ2v) is 5.95. The van der Waals surface area contributed by atoms with Gasteiger partial charge in [-0.05, 0) is 32.4 Å². The SMILES string of the molecule is CCC(C)(C)C(=O)OCC(O)COC(=O)c1cc(O)c(O)c(O)c1. The summed E-state index contributed by atoms with van der Waals surface area (Å²) >= 11 is 0. The lowest BCUT2D eigenvalue weighted by molar-refractivity contribution is -0.157. The molecule has 0 saturated heterocycles. The number of esters is 2. The minimum absolute atomic E-state index is 0.209. The second-order valence-electron chi connectivity index (χ2n) is 5.95. The van der Waals surface area contributed by atoms with Crippen molar-refractivity contribution in [2.45, 2.75) is 33.3 Å². The van der Waals surface area contributed by atoms with E-state index < -0.39 is 47.3 Å². The molecule has 0 fully saturated rings. The molecule has 24 heavy (non-hydrogen) atoms. The molecule has 0 aliphatic carbocycles. The van der Waals surface area contributed by atoms with Gasteiger partial charge in [0.25, 0.3) is 0 Å². The summed E-state index contributed by atoms with van der Waals surface area (Å²) < 4.78 is 9.76. The molecule has 0 aliphatic rings. The molecular formula is C16H22O8. The highest BCUT2D eigenvalue weighted by atomic mass is 16.6. The van der Waals surface area contributed by atoms with Gasteiger partial charge in [0.05, 0.1) is 11.0 Å². The van der Waals surface area contributed by atoms with Crippen molar-refractivity contribution in [2.75, 3.05) is 13.2 Å². The van der Waals surface area contributed by atoms with Crippen LogP contribution in [0.4, 0.5) is 0 Å². The molecule has 0 bridgehead atoms. The summed E-state index contributed by atoms with van der Waals surface area (Å²) in [5.74, 6) is -3.52. The van der Waals surface area contributed by atoms with Gasteiger partial charge in [0.2, 0.25) is 0 Å². The van der Waals surface area contributed by atoms with E-state index in [1.54, 1.807) is 13.8 Å². The van der Waals surface area contributed by atoms with E-state index in [1.807, 2.05) is 6.92 Å². The topological polar surface area (TPSA) is 134 Å². The lowest BCUT2D eigenvalue weighted by atomic mass is 9.91. The molecule has 1 atom stereocenters. The van der Waals surface area contributed by atoms with Gasteiger partial charge < -0.3 is 29.9 Å². The molecule has 0 radical (unpaired) electrons. The van der Waals surface area contributed by atoms with Gasteiger partial charge in [-0.1, -0.05) is 6.92 Å². The zero-order chi connectivity index (χ0) is 18.5. The summed E-state index contributed by atoms with van der Waals surface area (Å²) in [5.41, 5.74) is -0.878. The highest BCUT2D eigenvalue weighted by Crippen LogP contribution is 2.35. The number of aliphatic hydroxyl groups is 1. The van der Waals surface area contributed by atoms with Crippen molar-refractivity contribution in [3.8, 4) is 17.2 Å². The van der Waals surface area contributed by atoms with E-state index in [0.29, 0.717) is 6.42 Å². The van der Waals surface area contributed by atoms with Crippen LogP contribution in [0.2, 0.25) is 0 Å². The molecule has 134 valence electrons. The molecule has 0 amide bonds. The average Bonchev–Trinajstić information content (AvgIpc) is 2.54. The minimum Gasteiger partial charge on any atom is -0.504 e. The highest BCUT2D eigenvalue weighted by molar-refractivity contribution is 5.91. The van der Waals surface area contributed by atoms with Crippen LogP contribution in [-0.4, -0.2) is 51.7 Å². The fraction of sp³-hybridized carbons (Fsp3) is 0.500. The molecule has 4 N–H and O–H groups in total. The van der Waals surface area contributed by atoms with Crippen molar-refractivity contribution < 1.29 is 39.5 Å². The normalized spacial score (nSPS) is 12.5. The first kappa shape index (κ1) is 19.6. The predicted molar refractivity (Wildman–Crippen MR) is 82.8 cm³/mol. The quantitative estimate of drug-likeness (QED) is 0.430. The standard InChI is InChI=1S/C16H22O8/c1-4-16(2,3)15(22)24-8-10(17)7-23-14(21)9-5-11(18)13(20)12(19)6-9/h5-6,10,17-20H,4,7-8H2,1-3H3. The fourth-order valence-corrected chi connectivity index (χ4v) is 1.54. The average molecular weight is 342 g/mol. The lowest BCUT2D eigenvalue weighted by Gasteiger charge is -2.21. The number of hydrogen-bond acceptors (Lipinski definition) is 8. The van der Waals surface area contributed by atoms with Crippen molar-refractivity contribution in [1.82, 2.24) is 0 Å². The maximum atomic E-state index is 11.8. The van der Waals surface area contributed by atoms with Crippen LogP contribution in [0.3, 0.4) is 0 Å². The zero-order valence-corrected chi connectivity index (χ0v) is 13.8. The van der Waals surface area contributed by atoms with Gasteiger partial charge in [-0.2, -0.15) is 0 Å². The smallest absolute Gasteiger partial charge is 0.338 e. The third-order valence-corrected chi connectivity index (χ3v) is 3.56. The van der Waals surface area contributed by atoms with E-state index in [-0.39, 0.29) is 12.2 Å². The van der Waals surface area contributed by atoms with E-state index in [4.69, 9.17) is 9.47 Å². The third-order valence-electron chi connectivity index (χ3n) is 3.56. The molecule has 0 heterocycles. The number of aliphatic hydroxyl groups excluding tert-OH is 1. The monoisotopic (exact) mass is 342 g/mol. The van der Waals surface area contributed by atoms with Gasteiger partial charge in [-0.3, -0.25) is 4.79 Å². The molecule has 1 aromatic carbocycles. The molecule has 0 saturated carbocycles. The van der Waals surface area contributed by atoms with Crippen LogP contribution in [0.5, 0.6) is 17.2 Å². The summed E-state index contributed by atoms with van der Waals surface area (Å²) in [4.78, 5) is 23.5. The summed E-state index contributed by atoms with van der Waals surface area (Å²) in [7, 11) is 0. The molecule has 8 nitrogen and oxygen atoms in total. The number of phenols is 3. The first-order valence-electron chi connectivity index (χ1n) is 7.35. The Morgan fingerprint density at radius 3 is 2.08 bits per heavy atom. The van der Waals surface area contributed by atoms with Crippen LogP contribution in [0.15, 0.2) is 12.1 Å². The number of carbonyl (C=O) groups excluding carboxylic acids is 2. The molecule has 0 aromatic heterocycles. The Morgan fingerprint density at radius 2 is 1.58 bits per heavy atom. The Balaban J connectivity index is 2.51. The Morgan fingerprint density at radius 1 is 1.08 bits per heavy atom. The Bertz CT molecular complexity index is 585. The van der Waals surface area contributed by atoms with Gasteiger partial charge in [0.15, 0.2) is 17.2 Å². The van der Waals surface area contributed by atoms with Gasteiger partial charge in [-0.15, -0.1) is 0 Å². The molecule has 1 unspecified atom stereocenters. The van der Waals surface area contributed by atoms with Gasteiger partial charge in [-0.25, -0.2) is 4.79 Å². The van der Waals surface area contributed by atoms with Gasteiger partial charge in [0.1, 0.15) is 19.3 Å². The summed E-state index contributed by atoms with van der Waals surface area (Å²) in [6.07, 6.45) is -0.644. The Kier molecular flexibility index (Phi) is 6.42. The van der Waals surface area contributed by atoms with Crippen molar-refractivity contribution in [2.24, 2.45) is 5.41 Å². The van der Waals surface area contributed by atoms with Crippen molar-refractivity contribution >= 4 is 11.9 Å². The Labute approximate surface area is 139 Å². The molecule has 8 heteroatoms. The first-order chi connectivity index (χ1) is 11.1. The zero-order valence-electron chi connectivity index (χ0n) is 13.8. The van der Waals surface area contributed by atoms with E-state index in [9.17, 15) is 30.0 Å². The molecular weight excluding hydrogens is 320 g/mol. The Hall–Kier alpha value is -2.48. The predicted octanol–water partition coefficient (Wildman–Crippen LogP) is 1.30. The van der Waals surface area contributed by atoms with Crippen LogP contribution >= 0.6 is 0 Å². The van der Waals surface area contributed by atoms with E-state index >= 15 is 0 Å². The van der Waals surface area contributed by atoms with Crippen molar-refractivity contribution in [3.63, 3.8) is 0 Å². The minimum atomic E-state index is -1.22. The van der Waals surface area contributed by atoms with Gasteiger partial charge >= 0.3 is 11.9 Å². The highest BCUT2D eigenvalue weighted by Gasteiger charge is 2.27. The van der Waals surface area contributed by atoms with E-state index in [1.165, 1.54) is 0 Å². The number of benzene rings is 1. The van der Waals surface area contributed by atoms with Crippen LogP contribution in [0.25, 0.3) is 0 Å². The van der Waals surface area contributed by atoms with Crippen LogP contribution < -0.4 is 0 Å². The van der Waals surface area contributed by atoms with Crippen LogP contribution in [-0.2, 0) is 14.3 Å². The summed E-state index contributed by atoms with van der Waals surface area (Å²) in [6, 6.07) is 1.82. The summed E-state index contributed by atoms with van der Waals surface area (Å²) in [5, 5.41) is 37.5. The van der Waals surface area contributed by atoms with E-state index in [0.717, 1.165) is 12.1 Å². The second kappa shape index (κ2) is 7.87. The number of ether oxygens (including phenoxy) is 2. The number of phenolic OH excluding ortho intramolecular Hbond substituents is 3. The maximum absolute atomic E-state index is 11.8. The molecule has 0 spiro atoms. The number of hydrogen-bond donors (Lipinski definition) is 4. The molecule has 1 aromatic rings. The lowest BCUT2D eigenvalue weighted by Crippen LogP contribution is -2.31. The van der Waals surface area contributed by atoms with Crippen LogP contribution in [0, 0.1) is 5.41 Å². The third kappa shape index (κ3) is 5.02. The molecule has 0 aliphatic heterocycles. The van der Waals surface area contributed by atoms with E-state index in [2.05, 4.69) is 0 Å². The fourth-order valence-electron chi connectivity index (χ4n) is 1.54. The number of rotatable bonds is 7. The first-order valence-corrected chi connectivity index (χ1v) is 7.35. The van der Waals surface area contributed by atoms with Crippen molar-refractivity contribution in [3.05, 3.63) is 17.7 Å².